The van der Waals surface area contributed by atoms with E-state index < -0.39 is 6.36 Å². The highest BCUT2D eigenvalue weighted by Crippen LogP contribution is 2.27. The Kier molecular flexibility index (Phi) is 6.35. The highest BCUT2D eigenvalue weighted by atomic mass is 19.4. The van der Waals surface area contributed by atoms with Gasteiger partial charge in [-0.1, -0.05) is 12.1 Å². The molecular formula is C24H24F3N7O2. The number of alkyl halides is 3. The molecule has 0 saturated carbocycles. The lowest BCUT2D eigenvalue weighted by molar-refractivity contribution is -0.274. The van der Waals surface area contributed by atoms with Crippen LogP contribution < -0.4 is 9.64 Å². The average molecular weight is 499 g/mol. The number of anilines is 1. The molecule has 4 aromatic rings. The number of aromatic nitrogens is 5. The van der Waals surface area contributed by atoms with E-state index in [0.29, 0.717) is 17.9 Å². The van der Waals surface area contributed by atoms with E-state index in [1.165, 1.54) is 30.0 Å². The lowest BCUT2D eigenvalue weighted by Crippen LogP contribution is -2.44. The van der Waals surface area contributed by atoms with Crippen molar-refractivity contribution >= 4 is 5.69 Å². The van der Waals surface area contributed by atoms with E-state index in [9.17, 15) is 13.2 Å². The van der Waals surface area contributed by atoms with Crippen molar-refractivity contribution in [3.05, 3.63) is 59.9 Å². The molecule has 0 N–H and O–H groups in total. The summed E-state index contributed by atoms with van der Waals surface area (Å²) in [5.74, 6) is 0.881. The topological polar surface area (TPSA) is 85.3 Å². The van der Waals surface area contributed by atoms with Gasteiger partial charge in [0, 0.05) is 37.4 Å². The molecule has 1 aliphatic rings. The van der Waals surface area contributed by atoms with Crippen LogP contribution in [-0.4, -0.2) is 69.5 Å². The van der Waals surface area contributed by atoms with Crippen LogP contribution in [0.15, 0.2) is 52.9 Å². The van der Waals surface area contributed by atoms with Crippen molar-refractivity contribution in [2.45, 2.75) is 19.8 Å². The van der Waals surface area contributed by atoms with Gasteiger partial charge in [0.05, 0.1) is 6.54 Å². The van der Waals surface area contributed by atoms with Crippen molar-refractivity contribution in [2.75, 3.05) is 38.1 Å². The largest absolute Gasteiger partial charge is 0.573 e. The Morgan fingerprint density at radius 2 is 1.69 bits per heavy atom. The van der Waals surface area contributed by atoms with E-state index in [4.69, 9.17) is 4.42 Å². The third-order valence-electron chi connectivity index (χ3n) is 5.92. The molecule has 1 aliphatic heterocycles. The van der Waals surface area contributed by atoms with Crippen LogP contribution in [0.4, 0.5) is 18.9 Å². The van der Waals surface area contributed by atoms with Crippen LogP contribution in [0.5, 0.6) is 5.75 Å². The molecule has 0 aliphatic carbocycles. The maximum absolute atomic E-state index is 12.4. The van der Waals surface area contributed by atoms with Gasteiger partial charge in [-0.25, -0.2) is 9.67 Å². The van der Waals surface area contributed by atoms with E-state index in [1.807, 2.05) is 13.0 Å². The highest BCUT2D eigenvalue weighted by molar-refractivity contribution is 5.56. The summed E-state index contributed by atoms with van der Waals surface area (Å²) < 4.78 is 48.4. The summed E-state index contributed by atoms with van der Waals surface area (Å²) in [6.07, 6.45) is -4.76. The van der Waals surface area contributed by atoms with Gasteiger partial charge in [-0.15, -0.1) is 28.5 Å². The lowest BCUT2D eigenvalue weighted by atomic mass is 10.1. The van der Waals surface area contributed by atoms with Crippen LogP contribution in [0.25, 0.3) is 23.2 Å². The van der Waals surface area contributed by atoms with Crippen LogP contribution in [0.1, 0.15) is 11.4 Å². The van der Waals surface area contributed by atoms with Crippen molar-refractivity contribution in [1.82, 2.24) is 29.9 Å². The Bertz CT molecular complexity index is 1330. The number of halogens is 3. The molecule has 0 unspecified atom stereocenters. The first-order valence-corrected chi connectivity index (χ1v) is 11.4. The second-order valence-corrected chi connectivity index (χ2v) is 8.59. The molecule has 0 spiro atoms. The Morgan fingerprint density at radius 3 is 2.42 bits per heavy atom. The number of likely N-dealkylation sites (N-methyl/N-ethyl adjacent to an activating group) is 1. The number of nitrogens with zero attached hydrogens (tertiary/aromatic N) is 7. The fraction of sp³-hybridized carbons (Fsp3) is 0.333. The first-order chi connectivity index (χ1) is 17.2. The normalized spacial score (nSPS) is 14.9. The molecule has 3 heterocycles. The van der Waals surface area contributed by atoms with Crippen LogP contribution in [-0.2, 0) is 6.54 Å². The van der Waals surface area contributed by atoms with Crippen molar-refractivity contribution in [3.8, 4) is 28.9 Å². The van der Waals surface area contributed by atoms with Crippen molar-refractivity contribution in [1.29, 1.82) is 0 Å². The Labute approximate surface area is 205 Å². The zero-order chi connectivity index (χ0) is 25.3. The Balaban J connectivity index is 1.29. The van der Waals surface area contributed by atoms with Crippen LogP contribution >= 0.6 is 0 Å². The molecule has 9 nitrogen and oxygen atoms in total. The minimum atomic E-state index is -4.76. The smallest absolute Gasteiger partial charge is 0.413 e. The standard InChI is InChI=1S/C24H24F3N7O2/c1-16-28-21(23-30-29-22(35-23)18-6-8-20(9-7-18)36-24(25,26)27)31-34(16)15-17-4-3-5-19(14-17)33-12-10-32(2)11-13-33/h3-9,14H,10-13,15H2,1-2H3. The van der Waals surface area contributed by atoms with E-state index in [1.54, 1.807) is 4.68 Å². The van der Waals surface area contributed by atoms with Gasteiger partial charge >= 0.3 is 6.36 Å². The van der Waals surface area contributed by atoms with E-state index in [2.05, 4.69) is 60.1 Å². The molecule has 0 amide bonds. The molecule has 0 bridgehead atoms. The van der Waals surface area contributed by atoms with Gasteiger partial charge in [0.2, 0.25) is 11.7 Å². The molecule has 12 heteroatoms. The van der Waals surface area contributed by atoms with E-state index in [-0.39, 0.29) is 23.4 Å². The summed E-state index contributed by atoms with van der Waals surface area (Å²) >= 11 is 0. The molecule has 1 saturated heterocycles. The summed E-state index contributed by atoms with van der Waals surface area (Å²) in [6, 6.07) is 13.6. The van der Waals surface area contributed by atoms with Gasteiger partial charge in [-0.05, 0) is 55.9 Å². The van der Waals surface area contributed by atoms with Gasteiger partial charge < -0.3 is 19.0 Å². The molecule has 188 valence electrons. The second kappa shape index (κ2) is 9.61. The third kappa shape index (κ3) is 5.48. The monoisotopic (exact) mass is 499 g/mol. The third-order valence-corrected chi connectivity index (χ3v) is 5.92. The second-order valence-electron chi connectivity index (χ2n) is 8.59. The van der Waals surface area contributed by atoms with Gasteiger partial charge in [0.25, 0.3) is 5.89 Å². The van der Waals surface area contributed by atoms with Gasteiger partial charge in [0.1, 0.15) is 11.6 Å². The molecule has 2 aromatic carbocycles. The lowest BCUT2D eigenvalue weighted by Gasteiger charge is -2.34. The summed E-state index contributed by atoms with van der Waals surface area (Å²) in [5.41, 5.74) is 2.73. The van der Waals surface area contributed by atoms with Crippen LogP contribution in [0.3, 0.4) is 0 Å². The number of hydrogen-bond donors (Lipinski definition) is 0. The molecule has 36 heavy (non-hydrogen) atoms. The molecule has 0 atom stereocenters. The van der Waals surface area contributed by atoms with Crippen molar-refractivity contribution < 1.29 is 22.3 Å². The molecule has 5 rings (SSSR count). The maximum atomic E-state index is 12.4. The molecule has 0 radical (unpaired) electrons. The van der Waals surface area contributed by atoms with Crippen molar-refractivity contribution in [3.63, 3.8) is 0 Å². The molecule has 1 fully saturated rings. The van der Waals surface area contributed by atoms with Gasteiger partial charge in [-0.2, -0.15) is 0 Å². The predicted molar refractivity (Wildman–Crippen MR) is 125 cm³/mol. The first-order valence-electron chi connectivity index (χ1n) is 11.4. The van der Waals surface area contributed by atoms with Gasteiger partial charge in [0.15, 0.2) is 0 Å². The fourth-order valence-electron chi connectivity index (χ4n) is 3.98. The summed E-state index contributed by atoms with van der Waals surface area (Å²) in [7, 11) is 2.13. The highest BCUT2D eigenvalue weighted by Gasteiger charge is 2.31. The van der Waals surface area contributed by atoms with E-state index >= 15 is 0 Å². The number of rotatable bonds is 6. The quantitative estimate of drug-likeness (QED) is 0.394. The fourth-order valence-corrected chi connectivity index (χ4v) is 3.98. The number of benzene rings is 2. The predicted octanol–water partition coefficient (Wildman–Crippen LogP) is 4.00. The van der Waals surface area contributed by atoms with Crippen molar-refractivity contribution in [2.24, 2.45) is 0 Å². The SMILES string of the molecule is Cc1nc(-c2nnc(-c3ccc(OC(F)(F)F)cc3)o2)nn1Cc1cccc(N2CCN(C)CC2)c1. The molecular weight excluding hydrogens is 475 g/mol. The average Bonchev–Trinajstić information content (AvgIpc) is 3.47. The Hall–Kier alpha value is -3.93. The zero-order valence-electron chi connectivity index (χ0n) is 19.7. The number of aryl methyl sites for hydroxylation is 1. The van der Waals surface area contributed by atoms with Gasteiger partial charge in [-0.3, -0.25) is 0 Å². The van der Waals surface area contributed by atoms with E-state index in [0.717, 1.165) is 31.7 Å². The number of ether oxygens (including phenoxy) is 1. The summed E-state index contributed by atoms with van der Waals surface area (Å²) in [4.78, 5) is 9.15. The summed E-state index contributed by atoms with van der Waals surface area (Å²) in [5, 5.41) is 12.5. The minimum absolute atomic E-state index is 0.119. The van der Waals surface area contributed by atoms with Crippen LogP contribution in [0.2, 0.25) is 0 Å². The maximum Gasteiger partial charge on any atom is 0.573 e. The molecule has 2 aromatic heterocycles. The zero-order valence-corrected chi connectivity index (χ0v) is 19.7. The Morgan fingerprint density at radius 1 is 0.972 bits per heavy atom. The number of hydrogen-bond acceptors (Lipinski definition) is 8. The minimum Gasteiger partial charge on any atom is -0.413 e. The first kappa shape index (κ1) is 23.8. The number of piperazine rings is 1. The summed E-state index contributed by atoms with van der Waals surface area (Å²) in [6.45, 7) is 6.43. The van der Waals surface area contributed by atoms with Crippen LogP contribution in [0, 0.1) is 6.92 Å².